The largest absolute Gasteiger partial charge is 0.268 e. The topological polar surface area (TPSA) is 68.7 Å². The number of benzene rings is 9. The van der Waals surface area contributed by atoms with E-state index in [1.807, 2.05) is 78.9 Å². The van der Waals surface area contributed by atoms with Gasteiger partial charge in [0.25, 0.3) is 11.1 Å². The van der Waals surface area contributed by atoms with E-state index in [0.717, 1.165) is 21.5 Å². The third-order valence-corrected chi connectivity index (χ3v) is 11.4. The van der Waals surface area contributed by atoms with Gasteiger partial charge in [-0.2, -0.15) is 0 Å². The predicted molar refractivity (Wildman–Crippen MR) is 205 cm³/mol. The molecule has 0 amide bonds. The molecule has 0 aliphatic heterocycles. The first-order valence-corrected chi connectivity index (χ1v) is 17.0. The summed E-state index contributed by atoms with van der Waals surface area (Å²) in [6, 6.07) is 33.3. The summed E-state index contributed by atoms with van der Waals surface area (Å²) in [4.78, 5) is 38.6. The van der Waals surface area contributed by atoms with Gasteiger partial charge in [-0.05, 0) is 80.8 Å². The summed E-state index contributed by atoms with van der Waals surface area (Å²) in [5.74, 6) is -1.12. The number of hydrogen-bond donors (Lipinski definition) is 0. The third-order valence-electron chi connectivity index (χ3n) is 11.4. The van der Waals surface area contributed by atoms with E-state index >= 15 is 8.78 Å². The van der Waals surface area contributed by atoms with Crippen LogP contribution in [0.3, 0.4) is 0 Å². The molecule has 9 aromatic carbocycles. The van der Waals surface area contributed by atoms with Crippen molar-refractivity contribution in [2.24, 2.45) is 0 Å². The van der Waals surface area contributed by atoms with E-state index < -0.39 is 17.2 Å². The van der Waals surface area contributed by atoms with Gasteiger partial charge in [0.15, 0.2) is 0 Å². The molecule has 13 rings (SSSR count). The fourth-order valence-electron chi connectivity index (χ4n) is 9.26. The van der Waals surface area contributed by atoms with Gasteiger partial charge in [-0.25, -0.2) is 18.7 Å². The Labute approximate surface area is 288 Å². The molecular weight excluding hydrogens is 655 g/mol. The second-order valence-corrected chi connectivity index (χ2v) is 13.9. The number of aromatic nitrogens is 4. The summed E-state index contributed by atoms with van der Waals surface area (Å²) in [6.07, 6.45) is 0. The highest BCUT2D eigenvalue weighted by Gasteiger charge is 2.27. The van der Waals surface area contributed by atoms with Crippen molar-refractivity contribution < 1.29 is 8.78 Å². The maximum absolute atomic E-state index is 16.9. The number of pyridine rings is 2. The minimum atomic E-state index is -0.597. The van der Waals surface area contributed by atoms with Crippen LogP contribution in [0.4, 0.5) is 8.78 Å². The van der Waals surface area contributed by atoms with Crippen LogP contribution in [0, 0.1) is 11.6 Å². The highest BCUT2D eigenvalue weighted by molar-refractivity contribution is 6.41. The van der Waals surface area contributed by atoms with Crippen molar-refractivity contribution in [3.8, 4) is 0 Å². The smallest absolute Gasteiger partial charge is 0.264 e. The number of nitrogens with zero attached hydrogens (tertiary/aromatic N) is 4. The quantitative estimate of drug-likeness (QED) is 0.119. The van der Waals surface area contributed by atoms with Gasteiger partial charge < -0.3 is 0 Å². The van der Waals surface area contributed by atoms with E-state index in [0.29, 0.717) is 81.8 Å². The van der Waals surface area contributed by atoms with Crippen LogP contribution >= 0.6 is 0 Å². The lowest BCUT2D eigenvalue weighted by Gasteiger charge is -2.19. The van der Waals surface area contributed by atoms with E-state index in [1.54, 1.807) is 27.0 Å². The first kappa shape index (κ1) is 26.8. The number of halogens is 2. The molecule has 0 saturated heterocycles. The molecule has 8 heteroatoms. The zero-order chi connectivity index (χ0) is 34.3. The Kier molecular flexibility index (Phi) is 4.44. The van der Waals surface area contributed by atoms with Crippen LogP contribution in [-0.4, -0.2) is 18.8 Å². The average Bonchev–Trinajstić information content (AvgIpc) is 3.72. The van der Waals surface area contributed by atoms with Gasteiger partial charge in [0.05, 0.1) is 27.5 Å². The van der Waals surface area contributed by atoms with Crippen LogP contribution in [0.2, 0.25) is 0 Å². The molecule has 0 fully saturated rings. The minimum Gasteiger partial charge on any atom is -0.268 e. The number of rotatable bonds is 0. The van der Waals surface area contributed by atoms with Crippen LogP contribution in [0.1, 0.15) is 0 Å². The van der Waals surface area contributed by atoms with E-state index in [2.05, 4.69) is 0 Å². The molecule has 13 aromatic rings. The molecule has 4 heterocycles. The van der Waals surface area contributed by atoms with Crippen molar-refractivity contribution in [1.29, 1.82) is 0 Å². The maximum Gasteiger partial charge on any atom is 0.264 e. The molecule has 0 N–H and O–H groups in total. The van der Waals surface area contributed by atoms with Gasteiger partial charge >= 0.3 is 0 Å². The third kappa shape index (κ3) is 2.92. The van der Waals surface area contributed by atoms with Gasteiger partial charge in [0.2, 0.25) is 0 Å². The van der Waals surface area contributed by atoms with E-state index in [1.165, 1.54) is 12.1 Å². The van der Waals surface area contributed by atoms with E-state index in [9.17, 15) is 9.59 Å². The Balaban J connectivity index is 1.23. The standard InChI is InChI=1S/C44H18F2N4O2/c45-29-17-27-36-26(43(51)50-34-16-22-8-4-2-6-20(22)14-32(34)48-42(27)50)12-10-24-38-30(46)18-28-35-25(11-9-23(39(35)38)37(29)40(24)36)41-47-31-13-19-5-1-3-7-21(19)15-33(31)49(41)44(28)52/h1-18H. The molecule has 0 bridgehead atoms. The van der Waals surface area contributed by atoms with Crippen molar-refractivity contribution in [1.82, 2.24) is 18.8 Å². The lowest BCUT2D eigenvalue weighted by molar-refractivity contribution is 0.640. The molecule has 0 spiro atoms. The molecular formula is C44H18F2N4O2. The Morgan fingerprint density at radius 1 is 0.404 bits per heavy atom. The minimum absolute atomic E-state index is 0.193. The Hall–Kier alpha value is -7.06. The van der Waals surface area contributed by atoms with Crippen LogP contribution in [-0.2, 0) is 0 Å². The van der Waals surface area contributed by atoms with Crippen molar-refractivity contribution in [2.45, 2.75) is 0 Å². The van der Waals surface area contributed by atoms with Gasteiger partial charge in [-0.1, -0.05) is 60.7 Å². The summed E-state index contributed by atoms with van der Waals surface area (Å²) < 4.78 is 36.8. The van der Waals surface area contributed by atoms with Crippen molar-refractivity contribution in [2.75, 3.05) is 0 Å². The predicted octanol–water partition coefficient (Wildman–Crippen LogP) is 9.83. The normalized spacial score (nSPS) is 13.0. The Morgan fingerprint density at radius 2 is 0.827 bits per heavy atom. The number of hydrogen-bond acceptors (Lipinski definition) is 4. The second-order valence-electron chi connectivity index (χ2n) is 13.9. The van der Waals surface area contributed by atoms with Crippen LogP contribution in [0.5, 0.6) is 0 Å². The molecule has 0 radical (unpaired) electrons. The second kappa shape index (κ2) is 8.62. The lowest BCUT2D eigenvalue weighted by atomic mass is 9.85. The maximum atomic E-state index is 16.9. The van der Waals surface area contributed by atoms with Crippen LogP contribution in [0.15, 0.2) is 119 Å². The molecule has 0 aliphatic rings. The molecule has 240 valence electrons. The highest BCUT2D eigenvalue weighted by Crippen LogP contribution is 2.47. The fourth-order valence-corrected chi connectivity index (χ4v) is 9.26. The summed E-state index contributed by atoms with van der Waals surface area (Å²) in [5.41, 5.74) is 2.68. The SMILES string of the molecule is O=c1c2cc(F)c3c4ccc5c(=O)n6c7cc8ccccc8cc7nc6c6cc(F)c(c7ccc(c2c73)c2nc3cc7ccccc7cc3n12)c4c56. The van der Waals surface area contributed by atoms with E-state index in [4.69, 9.17) is 9.97 Å². The first-order valence-electron chi connectivity index (χ1n) is 17.0. The van der Waals surface area contributed by atoms with Gasteiger partial charge in [0, 0.05) is 48.5 Å². The first-order chi connectivity index (χ1) is 25.4. The molecule has 0 atom stereocenters. The monoisotopic (exact) mass is 672 g/mol. The van der Waals surface area contributed by atoms with Crippen molar-refractivity contribution in [3.05, 3.63) is 142 Å². The summed E-state index contributed by atoms with van der Waals surface area (Å²) >= 11 is 0. The van der Waals surface area contributed by atoms with Crippen LogP contribution in [0.25, 0.3) is 120 Å². The average molecular weight is 673 g/mol. The van der Waals surface area contributed by atoms with Crippen molar-refractivity contribution >= 4 is 120 Å². The summed E-state index contributed by atoms with van der Waals surface area (Å²) in [5, 5.41) is 9.07. The van der Waals surface area contributed by atoms with Gasteiger partial charge in [0.1, 0.15) is 22.9 Å². The highest BCUT2D eigenvalue weighted by atomic mass is 19.1. The fraction of sp³-hybridized carbons (Fsp3) is 0. The van der Waals surface area contributed by atoms with Gasteiger partial charge in [-0.3, -0.25) is 18.4 Å². The molecule has 0 aliphatic carbocycles. The molecule has 0 unspecified atom stereocenters. The molecule has 52 heavy (non-hydrogen) atoms. The number of fused-ring (bicyclic) bond motifs is 12. The Bertz CT molecular complexity index is 3900. The molecule has 6 nitrogen and oxygen atoms in total. The Morgan fingerprint density at radius 3 is 1.38 bits per heavy atom. The van der Waals surface area contributed by atoms with Crippen molar-refractivity contribution in [3.63, 3.8) is 0 Å². The zero-order valence-corrected chi connectivity index (χ0v) is 26.8. The van der Waals surface area contributed by atoms with E-state index in [-0.39, 0.29) is 21.7 Å². The lowest BCUT2D eigenvalue weighted by Crippen LogP contribution is -2.14. The van der Waals surface area contributed by atoms with Gasteiger partial charge in [-0.15, -0.1) is 0 Å². The molecule has 4 aromatic heterocycles. The number of imidazole rings is 2. The molecule has 0 saturated carbocycles. The zero-order valence-electron chi connectivity index (χ0n) is 26.8. The van der Waals surface area contributed by atoms with Crippen LogP contribution < -0.4 is 11.1 Å². The summed E-state index contributed by atoms with van der Waals surface area (Å²) in [6.45, 7) is 0. The summed E-state index contributed by atoms with van der Waals surface area (Å²) in [7, 11) is 0.